The Hall–Kier alpha value is -1.51. The SMILES string of the molecule is CCN(C(=O)NC)c1ccccc1C. The molecule has 2 amide bonds. The molecule has 0 bridgehead atoms. The topological polar surface area (TPSA) is 32.3 Å². The fraction of sp³-hybridized carbons (Fsp3) is 0.364. The average molecular weight is 192 g/mol. The summed E-state index contributed by atoms with van der Waals surface area (Å²) in [5.41, 5.74) is 2.08. The van der Waals surface area contributed by atoms with Crippen LogP contribution in [-0.2, 0) is 0 Å². The summed E-state index contributed by atoms with van der Waals surface area (Å²) in [4.78, 5) is 13.2. The van der Waals surface area contributed by atoms with E-state index in [2.05, 4.69) is 5.32 Å². The predicted molar refractivity (Wildman–Crippen MR) is 58.7 cm³/mol. The van der Waals surface area contributed by atoms with E-state index in [1.165, 1.54) is 0 Å². The van der Waals surface area contributed by atoms with E-state index in [4.69, 9.17) is 0 Å². The van der Waals surface area contributed by atoms with Crippen molar-refractivity contribution in [2.45, 2.75) is 13.8 Å². The minimum absolute atomic E-state index is 0.0678. The molecule has 0 aliphatic rings. The maximum Gasteiger partial charge on any atom is 0.321 e. The van der Waals surface area contributed by atoms with Crippen LogP contribution < -0.4 is 10.2 Å². The summed E-state index contributed by atoms with van der Waals surface area (Å²) in [5.74, 6) is 0. The van der Waals surface area contributed by atoms with Gasteiger partial charge in [-0.15, -0.1) is 0 Å². The molecule has 1 aromatic rings. The van der Waals surface area contributed by atoms with Crippen molar-refractivity contribution in [2.75, 3.05) is 18.5 Å². The van der Waals surface area contributed by atoms with Crippen LogP contribution in [0.25, 0.3) is 0 Å². The number of urea groups is 1. The zero-order chi connectivity index (χ0) is 10.6. The van der Waals surface area contributed by atoms with Crippen LogP contribution in [-0.4, -0.2) is 19.6 Å². The molecule has 0 fully saturated rings. The van der Waals surface area contributed by atoms with Gasteiger partial charge in [-0.05, 0) is 25.5 Å². The van der Waals surface area contributed by atoms with Crippen molar-refractivity contribution in [3.8, 4) is 0 Å². The van der Waals surface area contributed by atoms with Crippen molar-refractivity contribution in [1.82, 2.24) is 5.32 Å². The zero-order valence-electron chi connectivity index (χ0n) is 8.87. The summed E-state index contributed by atoms with van der Waals surface area (Å²) in [6, 6.07) is 7.79. The first-order valence-electron chi connectivity index (χ1n) is 4.75. The van der Waals surface area contributed by atoms with Crippen LogP contribution >= 0.6 is 0 Å². The molecule has 0 unspecified atom stereocenters. The van der Waals surface area contributed by atoms with Crippen molar-refractivity contribution < 1.29 is 4.79 Å². The van der Waals surface area contributed by atoms with E-state index < -0.39 is 0 Å². The van der Waals surface area contributed by atoms with Gasteiger partial charge in [-0.25, -0.2) is 4.79 Å². The highest BCUT2D eigenvalue weighted by molar-refractivity contribution is 5.92. The molecule has 76 valence electrons. The Balaban J connectivity index is 3.01. The van der Waals surface area contributed by atoms with Crippen LogP contribution in [0.1, 0.15) is 12.5 Å². The first-order chi connectivity index (χ1) is 6.70. The molecule has 0 aromatic heterocycles. The van der Waals surface area contributed by atoms with Crippen LogP contribution in [0.4, 0.5) is 10.5 Å². The minimum Gasteiger partial charge on any atom is -0.341 e. The number of nitrogens with one attached hydrogen (secondary N) is 1. The summed E-state index contributed by atoms with van der Waals surface area (Å²) < 4.78 is 0. The van der Waals surface area contributed by atoms with Gasteiger partial charge in [-0.2, -0.15) is 0 Å². The number of nitrogens with zero attached hydrogens (tertiary/aromatic N) is 1. The molecule has 0 aliphatic carbocycles. The quantitative estimate of drug-likeness (QED) is 0.765. The van der Waals surface area contributed by atoms with E-state index in [0.29, 0.717) is 6.54 Å². The molecule has 3 heteroatoms. The van der Waals surface area contributed by atoms with Gasteiger partial charge in [0.05, 0.1) is 0 Å². The van der Waals surface area contributed by atoms with Crippen LogP contribution in [0, 0.1) is 6.92 Å². The molecular weight excluding hydrogens is 176 g/mol. The number of amides is 2. The smallest absolute Gasteiger partial charge is 0.321 e. The van der Waals surface area contributed by atoms with Gasteiger partial charge in [0.2, 0.25) is 0 Å². The highest BCUT2D eigenvalue weighted by Gasteiger charge is 2.12. The van der Waals surface area contributed by atoms with E-state index >= 15 is 0 Å². The predicted octanol–water partition coefficient (Wildman–Crippen LogP) is 2.16. The summed E-state index contributed by atoms with van der Waals surface area (Å²) in [7, 11) is 1.64. The Labute approximate surface area is 84.7 Å². The zero-order valence-corrected chi connectivity index (χ0v) is 8.87. The van der Waals surface area contributed by atoms with Crippen molar-refractivity contribution in [1.29, 1.82) is 0 Å². The molecule has 14 heavy (non-hydrogen) atoms. The summed E-state index contributed by atoms with van der Waals surface area (Å²) in [6.45, 7) is 4.63. The molecule has 1 rings (SSSR count). The lowest BCUT2D eigenvalue weighted by atomic mass is 10.2. The number of anilines is 1. The second-order valence-electron chi connectivity index (χ2n) is 3.09. The maximum absolute atomic E-state index is 11.5. The van der Waals surface area contributed by atoms with E-state index in [9.17, 15) is 4.79 Å². The summed E-state index contributed by atoms with van der Waals surface area (Å²) in [5, 5.41) is 2.63. The van der Waals surface area contributed by atoms with E-state index in [0.717, 1.165) is 11.3 Å². The number of hydrogen-bond donors (Lipinski definition) is 1. The standard InChI is InChI=1S/C11H16N2O/c1-4-13(11(14)12-3)10-8-6-5-7-9(10)2/h5-8H,4H2,1-3H3,(H,12,14). The lowest BCUT2D eigenvalue weighted by molar-refractivity contribution is 0.248. The van der Waals surface area contributed by atoms with Crippen LogP contribution in [0.3, 0.4) is 0 Å². The Morgan fingerprint density at radius 3 is 2.57 bits per heavy atom. The van der Waals surface area contributed by atoms with E-state index in [1.807, 2.05) is 38.1 Å². The minimum atomic E-state index is -0.0678. The Bertz CT molecular complexity index is 323. The number of hydrogen-bond acceptors (Lipinski definition) is 1. The highest BCUT2D eigenvalue weighted by atomic mass is 16.2. The molecule has 3 nitrogen and oxygen atoms in total. The molecule has 0 atom stereocenters. The molecule has 1 aromatic carbocycles. The third kappa shape index (κ3) is 2.05. The normalized spacial score (nSPS) is 9.64. The Kier molecular flexibility index (Phi) is 3.51. The Morgan fingerprint density at radius 2 is 2.07 bits per heavy atom. The molecule has 0 saturated heterocycles. The van der Waals surface area contributed by atoms with Crippen molar-refractivity contribution in [3.63, 3.8) is 0 Å². The van der Waals surface area contributed by atoms with Crippen molar-refractivity contribution in [3.05, 3.63) is 29.8 Å². The first kappa shape index (κ1) is 10.6. The van der Waals surface area contributed by atoms with Gasteiger partial charge < -0.3 is 5.32 Å². The second-order valence-corrected chi connectivity index (χ2v) is 3.09. The molecular formula is C11H16N2O. The van der Waals surface area contributed by atoms with Gasteiger partial charge in [-0.1, -0.05) is 18.2 Å². The van der Waals surface area contributed by atoms with Gasteiger partial charge >= 0.3 is 6.03 Å². The molecule has 0 aliphatic heterocycles. The molecule has 0 spiro atoms. The number of rotatable bonds is 2. The van der Waals surface area contributed by atoms with Gasteiger partial charge in [0.1, 0.15) is 0 Å². The molecule has 0 radical (unpaired) electrons. The van der Waals surface area contributed by atoms with E-state index in [-0.39, 0.29) is 6.03 Å². The van der Waals surface area contributed by atoms with Gasteiger partial charge in [0.15, 0.2) is 0 Å². The number of para-hydroxylation sites is 1. The van der Waals surface area contributed by atoms with Crippen LogP contribution in [0.2, 0.25) is 0 Å². The number of carbonyl (C=O) groups is 1. The summed E-state index contributed by atoms with van der Waals surface area (Å²) in [6.07, 6.45) is 0. The molecule has 0 heterocycles. The lowest BCUT2D eigenvalue weighted by Gasteiger charge is -2.22. The number of benzene rings is 1. The second kappa shape index (κ2) is 4.65. The molecule has 0 saturated carbocycles. The number of carbonyl (C=O) groups excluding carboxylic acids is 1. The van der Waals surface area contributed by atoms with Gasteiger partial charge in [-0.3, -0.25) is 4.90 Å². The highest BCUT2D eigenvalue weighted by Crippen LogP contribution is 2.18. The largest absolute Gasteiger partial charge is 0.341 e. The van der Waals surface area contributed by atoms with Gasteiger partial charge in [0.25, 0.3) is 0 Å². The fourth-order valence-corrected chi connectivity index (χ4v) is 1.42. The third-order valence-corrected chi connectivity index (χ3v) is 2.18. The first-order valence-corrected chi connectivity index (χ1v) is 4.75. The lowest BCUT2D eigenvalue weighted by Crippen LogP contribution is -2.38. The monoisotopic (exact) mass is 192 g/mol. The molecule has 1 N–H and O–H groups in total. The summed E-state index contributed by atoms with van der Waals surface area (Å²) >= 11 is 0. The maximum atomic E-state index is 11.5. The fourth-order valence-electron chi connectivity index (χ4n) is 1.42. The average Bonchev–Trinajstić information content (AvgIpc) is 2.21. The Morgan fingerprint density at radius 1 is 1.43 bits per heavy atom. The van der Waals surface area contributed by atoms with Crippen molar-refractivity contribution in [2.24, 2.45) is 0 Å². The van der Waals surface area contributed by atoms with Crippen LogP contribution in [0.15, 0.2) is 24.3 Å². The van der Waals surface area contributed by atoms with Gasteiger partial charge in [0, 0.05) is 19.3 Å². The van der Waals surface area contributed by atoms with Crippen LogP contribution in [0.5, 0.6) is 0 Å². The third-order valence-electron chi connectivity index (χ3n) is 2.18. The van der Waals surface area contributed by atoms with Crippen molar-refractivity contribution >= 4 is 11.7 Å². The number of aryl methyl sites for hydroxylation is 1. The van der Waals surface area contributed by atoms with E-state index in [1.54, 1.807) is 11.9 Å².